The zero-order valence-corrected chi connectivity index (χ0v) is 31.3. The van der Waals surface area contributed by atoms with Crippen LogP contribution in [0.1, 0.15) is 75.5 Å². The van der Waals surface area contributed by atoms with Crippen molar-refractivity contribution in [3.63, 3.8) is 0 Å². The van der Waals surface area contributed by atoms with Gasteiger partial charge in [0.05, 0.1) is 23.8 Å². The van der Waals surface area contributed by atoms with Gasteiger partial charge in [0, 0.05) is 25.2 Å². The SMILES string of the molecule is CC(C)C[C@H](NC(=O)[C@H](Cc1ccc2ccccc2c1)NC(=O)[C@H](Cc1ccccc1)NC(=O)c1cnccn1)B1O[C@H]2C[C@@H]3C[C@@H](C3(C)C)[C@@]2(C)O1. The van der Waals surface area contributed by atoms with E-state index in [1.54, 1.807) is 0 Å². The maximum Gasteiger partial charge on any atom is 0.481 e. The van der Waals surface area contributed by atoms with Gasteiger partial charge in [-0.15, -0.1) is 0 Å². The number of hydrogen-bond acceptors (Lipinski definition) is 7. The molecule has 8 rings (SSSR count). The number of aromatic nitrogens is 2. The molecule has 1 saturated heterocycles. The number of benzene rings is 3. The van der Waals surface area contributed by atoms with E-state index in [0.29, 0.717) is 18.3 Å². The Kier molecular flexibility index (Phi) is 10.4. The molecule has 3 aromatic carbocycles. The van der Waals surface area contributed by atoms with Crippen molar-refractivity contribution in [2.75, 3.05) is 0 Å². The van der Waals surface area contributed by atoms with Gasteiger partial charge in [-0.3, -0.25) is 19.4 Å². The normalized spacial score (nSPS) is 24.4. The van der Waals surface area contributed by atoms with Gasteiger partial charge >= 0.3 is 7.12 Å². The third-order valence-electron chi connectivity index (χ3n) is 11.9. The molecular formula is C42H50BN5O5. The fourth-order valence-corrected chi connectivity index (χ4v) is 8.89. The van der Waals surface area contributed by atoms with Crippen molar-refractivity contribution in [3.05, 3.63) is 108 Å². The van der Waals surface area contributed by atoms with E-state index in [4.69, 9.17) is 9.31 Å². The highest BCUT2D eigenvalue weighted by molar-refractivity contribution is 6.48. The second-order valence-electron chi connectivity index (χ2n) is 16.3. The molecule has 1 aromatic heterocycles. The number of nitrogens with one attached hydrogen (secondary N) is 3. The van der Waals surface area contributed by atoms with Crippen LogP contribution in [0.2, 0.25) is 0 Å². The molecule has 10 nitrogen and oxygen atoms in total. The van der Waals surface area contributed by atoms with Gasteiger partial charge in [-0.1, -0.05) is 100 Å². The van der Waals surface area contributed by atoms with Gasteiger partial charge in [0.2, 0.25) is 11.8 Å². The van der Waals surface area contributed by atoms with Crippen LogP contribution in [0.15, 0.2) is 91.4 Å². The zero-order chi connectivity index (χ0) is 37.3. The summed E-state index contributed by atoms with van der Waals surface area (Å²) in [4.78, 5) is 50.2. The number of fused-ring (bicyclic) bond motifs is 1. The molecule has 0 unspecified atom stereocenters. The van der Waals surface area contributed by atoms with Gasteiger partial charge in [-0.2, -0.15) is 0 Å². The van der Waals surface area contributed by atoms with Crippen LogP contribution >= 0.6 is 0 Å². The monoisotopic (exact) mass is 715 g/mol. The van der Waals surface area contributed by atoms with Gasteiger partial charge in [0.1, 0.15) is 17.8 Å². The van der Waals surface area contributed by atoms with Gasteiger partial charge in [0.15, 0.2) is 0 Å². The Morgan fingerprint density at radius 1 is 0.830 bits per heavy atom. The molecule has 7 atom stereocenters. The van der Waals surface area contributed by atoms with E-state index < -0.39 is 42.6 Å². The zero-order valence-electron chi connectivity index (χ0n) is 31.3. The van der Waals surface area contributed by atoms with Crippen LogP contribution in [0.25, 0.3) is 10.8 Å². The van der Waals surface area contributed by atoms with Crippen LogP contribution < -0.4 is 16.0 Å². The first-order valence-electron chi connectivity index (χ1n) is 18.9. The predicted octanol–water partition coefficient (Wildman–Crippen LogP) is 5.50. The molecule has 3 amide bonds. The minimum Gasteiger partial charge on any atom is -0.404 e. The maximum atomic E-state index is 14.5. The molecule has 1 aliphatic heterocycles. The molecule has 53 heavy (non-hydrogen) atoms. The summed E-state index contributed by atoms with van der Waals surface area (Å²) in [5.74, 6) is -0.559. The van der Waals surface area contributed by atoms with Crippen molar-refractivity contribution in [2.45, 2.75) is 96.5 Å². The number of hydrogen-bond donors (Lipinski definition) is 3. The van der Waals surface area contributed by atoms with Crippen LogP contribution in [0.3, 0.4) is 0 Å². The minimum absolute atomic E-state index is 0.0272. The fourth-order valence-electron chi connectivity index (χ4n) is 8.89. The third kappa shape index (κ3) is 7.73. The summed E-state index contributed by atoms with van der Waals surface area (Å²) in [5.41, 5.74) is 1.60. The highest BCUT2D eigenvalue weighted by Gasteiger charge is 2.68. The minimum atomic E-state index is -0.996. The third-order valence-corrected chi connectivity index (χ3v) is 11.9. The molecule has 2 heterocycles. The summed E-state index contributed by atoms with van der Waals surface area (Å²) in [5, 5.41) is 11.3. The van der Waals surface area contributed by atoms with Crippen LogP contribution in [-0.4, -0.2) is 64.5 Å². The summed E-state index contributed by atoms with van der Waals surface area (Å²) in [6.07, 6.45) is 7.39. The number of carbonyl (C=O) groups is 3. The lowest BCUT2D eigenvalue weighted by Crippen LogP contribution is -2.65. The summed E-state index contributed by atoms with van der Waals surface area (Å²) >= 11 is 0. The number of amides is 3. The van der Waals surface area contributed by atoms with E-state index in [1.807, 2.05) is 72.8 Å². The van der Waals surface area contributed by atoms with E-state index in [-0.39, 0.29) is 41.9 Å². The molecule has 0 radical (unpaired) electrons. The first kappa shape index (κ1) is 36.7. The van der Waals surface area contributed by atoms with Crippen LogP contribution in [-0.2, 0) is 31.7 Å². The van der Waals surface area contributed by atoms with Crippen LogP contribution in [0, 0.1) is 23.2 Å². The molecule has 3 aliphatic carbocycles. The smallest absolute Gasteiger partial charge is 0.404 e. The first-order valence-corrected chi connectivity index (χ1v) is 18.9. The van der Waals surface area contributed by atoms with E-state index in [1.165, 1.54) is 18.6 Å². The quantitative estimate of drug-likeness (QED) is 0.156. The molecule has 4 aliphatic rings. The highest BCUT2D eigenvalue weighted by atomic mass is 16.7. The maximum absolute atomic E-state index is 14.5. The Hall–Kier alpha value is -4.61. The van der Waals surface area contributed by atoms with Gasteiger partial charge in [0.25, 0.3) is 5.91 Å². The Labute approximate surface area is 312 Å². The molecule has 3 N–H and O–H groups in total. The lowest BCUT2D eigenvalue weighted by molar-refractivity contribution is -0.199. The summed E-state index contributed by atoms with van der Waals surface area (Å²) in [7, 11) is -0.611. The van der Waals surface area contributed by atoms with E-state index >= 15 is 0 Å². The standard InChI is InChI=1S/C42H50BN5O5/c1-26(2)19-37(43-52-36-24-31-23-35(41(31,3)4)42(36,5)53-43)48-39(50)33(22-28-15-16-29-13-9-10-14-30(29)20-28)46-38(49)32(21-27-11-7-6-8-12-27)47-40(51)34-25-44-17-18-45-34/h6-18,20,25-26,31-33,35-37H,19,21-24H2,1-5H3,(H,46,49)(H,47,51)(H,48,50)/t31-,32-,33-,35-,36-,37-,42+/m0/s1. The average Bonchev–Trinajstić information content (AvgIpc) is 3.52. The molecule has 11 heteroatoms. The molecule has 0 spiro atoms. The predicted molar refractivity (Wildman–Crippen MR) is 205 cm³/mol. The summed E-state index contributed by atoms with van der Waals surface area (Å²) < 4.78 is 13.5. The average molecular weight is 716 g/mol. The van der Waals surface area contributed by atoms with Gasteiger partial charge < -0.3 is 25.3 Å². The first-order chi connectivity index (χ1) is 25.4. The van der Waals surface area contributed by atoms with Gasteiger partial charge in [-0.05, 0) is 71.3 Å². The number of carbonyl (C=O) groups excluding carboxylic acids is 3. The lowest BCUT2D eigenvalue weighted by Gasteiger charge is -2.64. The van der Waals surface area contributed by atoms with Crippen molar-refractivity contribution < 1.29 is 23.7 Å². The Balaban J connectivity index is 1.15. The topological polar surface area (TPSA) is 132 Å². The van der Waals surface area contributed by atoms with Crippen LogP contribution in [0.5, 0.6) is 0 Å². The second-order valence-corrected chi connectivity index (χ2v) is 16.3. The van der Waals surface area contributed by atoms with Crippen molar-refractivity contribution in [1.82, 2.24) is 25.9 Å². The molecular weight excluding hydrogens is 665 g/mol. The summed E-state index contributed by atoms with van der Waals surface area (Å²) in [6, 6.07) is 21.6. The highest BCUT2D eigenvalue weighted by Crippen LogP contribution is 2.65. The Bertz CT molecular complexity index is 1940. The van der Waals surface area contributed by atoms with Crippen LogP contribution in [0.4, 0.5) is 0 Å². The molecule has 4 fully saturated rings. The van der Waals surface area contributed by atoms with E-state index in [0.717, 1.165) is 34.7 Å². The van der Waals surface area contributed by atoms with E-state index in [2.05, 4.69) is 60.5 Å². The van der Waals surface area contributed by atoms with E-state index in [9.17, 15) is 14.4 Å². The molecule has 2 bridgehead atoms. The Morgan fingerprint density at radius 2 is 1.53 bits per heavy atom. The molecule has 4 aromatic rings. The molecule has 3 saturated carbocycles. The van der Waals surface area contributed by atoms with Crippen molar-refractivity contribution >= 4 is 35.6 Å². The number of rotatable bonds is 13. The fraction of sp³-hybridized carbons (Fsp3) is 0.452. The number of nitrogens with zero attached hydrogens (tertiary/aromatic N) is 2. The summed E-state index contributed by atoms with van der Waals surface area (Å²) in [6.45, 7) is 11.1. The largest absolute Gasteiger partial charge is 0.481 e. The second kappa shape index (κ2) is 15.0. The van der Waals surface area contributed by atoms with Crippen molar-refractivity contribution in [2.24, 2.45) is 23.2 Å². The lowest BCUT2D eigenvalue weighted by atomic mass is 9.43. The van der Waals surface area contributed by atoms with Crippen molar-refractivity contribution in [1.29, 1.82) is 0 Å². The van der Waals surface area contributed by atoms with Crippen molar-refractivity contribution in [3.8, 4) is 0 Å². The van der Waals surface area contributed by atoms with Gasteiger partial charge in [-0.25, -0.2) is 4.98 Å². The molecule has 276 valence electrons. The Morgan fingerprint density at radius 3 is 2.25 bits per heavy atom.